The van der Waals surface area contributed by atoms with Gasteiger partial charge in [0.2, 0.25) is 0 Å². The van der Waals surface area contributed by atoms with Crippen LogP contribution in [-0.2, 0) is 6.54 Å². The monoisotopic (exact) mass is 316 g/mol. The van der Waals surface area contributed by atoms with E-state index in [1.807, 2.05) is 0 Å². The molecule has 1 N–H and O–H groups in total. The van der Waals surface area contributed by atoms with Crippen LogP contribution in [0.5, 0.6) is 5.75 Å². The number of hydrogen-bond donors (Lipinski definition) is 1. The normalized spacial score (nSPS) is 11.5. The highest BCUT2D eigenvalue weighted by Gasteiger charge is 2.05. The van der Waals surface area contributed by atoms with Crippen molar-refractivity contribution in [2.75, 3.05) is 6.61 Å². The summed E-state index contributed by atoms with van der Waals surface area (Å²) in [6.45, 7) is 9.27. The zero-order valence-corrected chi connectivity index (χ0v) is 12.8. The fourth-order valence-corrected chi connectivity index (χ4v) is 2.01. The van der Waals surface area contributed by atoms with Crippen LogP contribution in [-0.4, -0.2) is 16.2 Å². The van der Waals surface area contributed by atoms with Gasteiger partial charge >= 0.3 is 5.69 Å². The zero-order chi connectivity index (χ0) is 17.0. The van der Waals surface area contributed by atoms with Gasteiger partial charge in [0, 0.05) is 5.35 Å². The first-order valence-electron chi connectivity index (χ1n) is 6.96. The van der Waals surface area contributed by atoms with Gasteiger partial charge in [-0.25, -0.2) is 9.18 Å². The Balaban J connectivity index is 2.25. The minimum atomic E-state index is -0.554. The Morgan fingerprint density at radius 2 is 2.00 bits per heavy atom. The van der Waals surface area contributed by atoms with Crippen LogP contribution in [0.25, 0.3) is 12.7 Å². The molecular weight excluding hydrogens is 299 g/mol. The lowest BCUT2D eigenvalue weighted by atomic mass is 10.2. The average molecular weight is 316 g/mol. The van der Waals surface area contributed by atoms with E-state index >= 15 is 0 Å². The number of benzene rings is 1. The number of H-pyrrole nitrogens is 1. The number of aromatic amines is 1. The number of ether oxygens (including phenoxy) is 1. The number of rotatable bonds is 5. The SMILES string of the molecule is C=C(C)/C=c1\c(=C)[nH]c(=O)n(CCOc2ccc(F)cc2)c1=O. The Bertz CT molecular complexity index is 940. The van der Waals surface area contributed by atoms with Gasteiger partial charge in [0.1, 0.15) is 18.2 Å². The summed E-state index contributed by atoms with van der Waals surface area (Å²) in [7, 11) is 0. The molecule has 0 saturated heterocycles. The van der Waals surface area contributed by atoms with Gasteiger partial charge < -0.3 is 9.72 Å². The molecule has 5 nitrogen and oxygen atoms in total. The minimum absolute atomic E-state index is 0.0584. The van der Waals surface area contributed by atoms with Crippen LogP contribution in [0.1, 0.15) is 6.92 Å². The van der Waals surface area contributed by atoms with Gasteiger partial charge in [-0.15, -0.1) is 0 Å². The molecule has 0 aliphatic rings. The maximum Gasteiger partial charge on any atom is 0.328 e. The summed E-state index contributed by atoms with van der Waals surface area (Å²) in [5, 5.41) is 0.539. The molecule has 0 fully saturated rings. The summed E-state index contributed by atoms with van der Waals surface area (Å²) in [6, 6.07) is 5.49. The van der Waals surface area contributed by atoms with Crippen molar-refractivity contribution in [2.24, 2.45) is 0 Å². The lowest BCUT2D eigenvalue weighted by molar-refractivity contribution is 0.292. The zero-order valence-electron chi connectivity index (χ0n) is 12.8. The van der Waals surface area contributed by atoms with E-state index in [1.165, 1.54) is 24.3 Å². The summed E-state index contributed by atoms with van der Waals surface area (Å²) in [5.41, 5.74) is -0.334. The molecule has 0 aliphatic heterocycles. The Morgan fingerprint density at radius 1 is 1.35 bits per heavy atom. The molecule has 0 atom stereocenters. The van der Waals surface area contributed by atoms with Gasteiger partial charge in [0.15, 0.2) is 0 Å². The molecule has 6 heteroatoms. The number of halogens is 1. The second-order valence-electron chi connectivity index (χ2n) is 5.07. The van der Waals surface area contributed by atoms with Crippen molar-refractivity contribution in [3.05, 3.63) is 73.6 Å². The van der Waals surface area contributed by atoms with E-state index in [4.69, 9.17) is 4.74 Å². The van der Waals surface area contributed by atoms with Crippen LogP contribution in [0.15, 0.2) is 46.0 Å². The van der Waals surface area contributed by atoms with Gasteiger partial charge in [0.25, 0.3) is 5.56 Å². The molecule has 2 aromatic rings. The summed E-state index contributed by atoms with van der Waals surface area (Å²) < 4.78 is 19.2. The van der Waals surface area contributed by atoms with E-state index in [0.29, 0.717) is 16.5 Å². The first kappa shape index (κ1) is 16.5. The largest absolute Gasteiger partial charge is 0.492 e. The summed E-state index contributed by atoms with van der Waals surface area (Å²) in [4.78, 5) is 26.8. The second-order valence-corrected chi connectivity index (χ2v) is 5.07. The number of hydrogen-bond acceptors (Lipinski definition) is 3. The van der Waals surface area contributed by atoms with Crippen LogP contribution < -0.4 is 26.6 Å². The van der Waals surface area contributed by atoms with Crippen molar-refractivity contribution >= 4 is 12.7 Å². The molecule has 0 unspecified atom stereocenters. The van der Waals surface area contributed by atoms with E-state index in [0.717, 1.165) is 4.57 Å². The standard InChI is InChI=1S/C17H17FN2O3/c1-11(2)10-15-12(3)19-17(22)20(16(15)21)8-9-23-14-6-4-13(18)5-7-14/h4-7,10H,1,3,8-9H2,2H3,(H,19,22)/b15-10+. The smallest absolute Gasteiger partial charge is 0.328 e. The van der Waals surface area contributed by atoms with Crippen LogP contribution in [0, 0.1) is 5.82 Å². The highest BCUT2D eigenvalue weighted by atomic mass is 19.1. The van der Waals surface area contributed by atoms with E-state index < -0.39 is 11.2 Å². The van der Waals surface area contributed by atoms with Crippen LogP contribution >= 0.6 is 0 Å². The van der Waals surface area contributed by atoms with Crippen LogP contribution in [0.4, 0.5) is 4.39 Å². The predicted molar refractivity (Wildman–Crippen MR) is 87.3 cm³/mol. The molecule has 1 aromatic carbocycles. The van der Waals surface area contributed by atoms with Crippen molar-refractivity contribution in [1.82, 2.24) is 9.55 Å². The molecular formula is C17H17FN2O3. The molecule has 120 valence electrons. The predicted octanol–water partition coefficient (Wildman–Crippen LogP) is 0.522. The Labute approximate surface area is 131 Å². The first-order valence-corrected chi connectivity index (χ1v) is 6.96. The van der Waals surface area contributed by atoms with Crippen molar-refractivity contribution in [2.45, 2.75) is 13.5 Å². The quantitative estimate of drug-likeness (QED) is 0.875. The number of nitrogens with zero attached hydrogens (tertiary/aromatic N) is 1. The lowest BCUT2D eigenvalue weighted by Crippen LogP contribution is -2.53. The number of nitrogens with one attached hydrogen (secondary N) is 1. The highest BCUT2D eigenvalue weighted by Crippen LogP contribution is 2.10. The van der Waals surface area contributed by atoms with Gasteiger partial charge in [-0.05, 0) is 37.3 Å². The van der Waals surface area contributed by atoms with Crippen LogP contribution in [0.3, 0.4) is 0 Å². The number of allylic oxidation sites excluding steroid dienone is 1. The average Bonchev–Trinajstić information content (AvgIpc) is 2.48. The van der Waals surface area contributed by atoms with E-state index in [9.17, 15) is 14.0 Å². The van der Waals surface area contributed by atoms with Crippen molar-refractivity contribution in [3.8, 4) is 5.75 Å². The molecule has 0 aliphatic carbocycles. The fourth-order valence-electron chi connectivity index (χ4n) is 2.01. The van der Waals surface area contributed by atoms with Gasteiger partial charge in [-0.3, -0.25) is 9.36 Å². The molecule has 0 spiro atoms. The van der Waals surface area contributed by atoms with Gasteiger partial charge in [-0.1, -0.05) is 18.7 Å². The Morgan fingerprint density at radius 3 is 2.61 bits per heavy atom. The van der Waals surface area contributed by atoms with Crippen molar-refractivity contribution in [3.63, 3.8) is 0 Å². The maximum atomic E-state index is 12.8. The molecule has 0 saturated carbocycles. The van der Waals surface area contributed by atoms with Gasteiger partial charge in [-0.2, -0.15) is 0 Å². The third-order valence-corrected chi connectivity index (χ3v) is 3.09. The minimum Gasteiger partial charge on any atom is -0.492 e. The van der Waals surface area contributed by atoms with Crippen molar-refractivity contribution < 1.29 is 9.13 Å². The molecule has 1 heterocycles. The number of aromatic nitrogens is 2. The van der Waals surface area contributed by atoms with Crippen molar-refractivity contribution in [1.29, 1.82) is 0 Å². The van der Waals surface area contributed by atoms with E-state index in [-0.39, 0.29) is 24.3 Å². The molecule has 0 bridgehead atoms. The van der Waals surface area contributed by atoms with Crippen LogP contribution in [0.2, 0.25) is 0 Å². The summed E-state index contributed by atoms with van der Waals surface area (Å²) in [6.07, 6.45) is 1.57. The molecule has 1 aromatic heterocycles. The summed E-state index contributed by atoms with van der Waals surface area (Å²) in [5.74, 6) is 0.0920. The fraction of sp³-hybridized carbons (Fsp3) is 0.176. The lowest BCUT2D eigenvalue weighted by Gasteiger charge is -2.07. The Hall–Kier alpha value is -2.89. The third-order valence-electron chi connectivity index (χ3n) is 3.09. The molecule has 2 rings (SSSR count). The van der Waals surface area contributed by atoms with E-state index in [1.54, 1.807) is 13.0 Å². The second kappa shape index (κ2) is 6.91. The Kier molecular flexibility index (Phi) is 4.95. The summed E-state index contributed by atoms with van der Waals surface area (Å²) >= 11 is 0. The topological polar surface area (TPSA) is 64.1 Å². The van der Waals surface area contributed by atoms with Gasteiger partial charge in [0.05, 0.1) is 11.8 Å². The highest BCUT2D eigenvalue weighted by molar-refractivity contribution is 5.42. The molecule has 0 amide bonds. The first-order chi connectivity index (χ1) is 10.9. The molecule has 0 radical (unpaired) electrons. The molecule has 23 heavy (non-hydrogen) atoms. The van der Waals surface area contributed by atoms with E-state index in [2.05, 4.69) is 18.1 Å². The third kappa shape index (κ3) is 4.06. The maximum absolute atomic E-state index is 12.8.